The van der Waals surface area contributed by atoms with Crippen LogP contribution in [-0.4, -0.2) is 34.8 Å². The Morgan fingerprint density at radius 3 is 1.86 bits per heavy atom. The van der Waals surface area contributed by atoms with Crippen LogP contribution in [0.2, 0.25) is 0 Å². The van der Waals surface area contributed by atoms with Crippen LogP contribution in [0.3, 0.4) is 0 Å². The summed E-state index contributed by atoms with van der Waals surface area (Å²) in [5, 5.41) is 0. The lowest BCUT2D eigenvalue weighted by Gasteiger charge is -2.55. The number of rotatable bonds is 8. The highest BCUT2D eigenvalue weighted by Crippen LogP contribution is 2.52. The van der Waals surface area contributed by atoms with Crippen molar-refractivity contribution < 1.29 is 17.4 Å². The van der Waals surface area contributed by atoms with Gasteiger partial charge in [0.05, 0.1) is 11.4 Å². The number of hydrogen-bond donors (Lipinski definition) is 1. The second kappa shape index (κ2) is 7.32. The second-order valence-electron chi connectivity index (χ2n) is 7.98. The Morgan fingerprint density at radius 2 is 1.59 bits per heavy atom. The van der Waals surface area contributed by atoms with Crippen molar-refractivity contribution in [2.24, 2.45) is 35.5 Å². The minimum Gasteiger partial charge on any atom is -0.422 e. The third-order valence-corrected chi connectivity index (χ3v) is 7.22. The van der Waals surface area contributed by atoms with Gasteiger partial charge in [0.15, 0.2) is 0 Å². The Hall–Kier alpha value is 0.0869. The van der Waals surface area contributed by atoms with Crippen molar-refractivity contribution in [3.05, 3.63) is 0 Å². The SMILES string of the molecule is CC(C)C(C1CC(CS(=O)(=O)O)C1)C(O[SiH3])(C(C)C)C(C)C. The molecule has 0 aromatic heterocycles. The van der Waals surface area contributed by atoms with Gasteiger partial charge in [-0.25, -0.2) is 0 Å². The van der Waals surface area contributed by atoms with E-state index in [1.165, 1.54) is 0 Å². The standard InChI is InChI=1S/C16H34O4SSi/c1-10(2)15(16(20-22,11(3)4)12(5)6)14-7-13(8-14)9-21(17,18)19/h10-15H,7-9H2,1-6,22H3,(H,17,18,19). The Labute approximate surface area is 139 Å². The van der Waals surface area contributed by atoms with E-state index in [0.29, 0.717) is 40.1 Å². The van der Waals surface area contributed by atoms with Crippen LogP contribution in [0.4, 0.5) is 0 Å². The topological polar surface area (TPSA) is 63.6 Å². The molecule has 1 N–H and O–H groups in total. The van der Waals surface area contributed by atoms with Crippen molar-refractivity contribution in [3.8, 4) is 0 Å². The lowest BCUT2D eigenvalue weighted by molar-refractivity contribution is -0.123. The molecule has 0 amide bonds. The molecule has 0 spiro atoms. The average Bonchev–Trinajstić information content (AvgIpc) is 2.28. The van der Waals surface area contributed by atoms with E-state index < -0.39 is 10.1 Å². The van der Waals surface area contributed by atoms with Gasteiger partial charge in [-0.2, -0.15) is 8.42 Å². The maximum Gasteiger partial charge on any atom is 0.265 e. The summed E-state index contributed by atoms with van der Waals surface area (Å²) in [5.41, 5.74) is -0.131. The summed E-state index contributed by atoms with van der Waals surface area (Å²) in [4.78, 5) is 0. The van der Waals surface area contributed by atoms with Crippen LogP contribution in [0.1, 0.15) is 54.4 Å². The van der Waals surface area contributed by atoms with Gasteiger partial charge in [0, 0.05) is 0 Å². The highest BCUT2D eigenvalue weighted by atomic mass is 32.2. The van der Waals surface area contributed by atoms with Gasteiger partial charge in [0.1, 0.15) is 10.5 Å². The third kappa shape index (κ3) is 4.13. The Bertz CT molecular complexity index is 445. The highest BCUT2D eigenvalue weighted by molar-refractivity contribution is 7.85. The molecule has 6 heteroatoms. The summed E-state index contributed by atoms with van der Waals surface area (Å²) in [6.45, 7) is 13.5. The van der Waals surface area contributed by atoms with E-state index in [2.05, 4.69) is 41.5 Å². The fourth-order valence-corrected chi connectivity index (χ4v) is 7.07. The monoisotopic (exact) mass is 350 g/mol. The molecule has 132 valence electrons. The lowest BCUT2D eigenvalue weighted by atomic mass is 9.56. The predicted molar refractivity (Wildman–Crippen MR) is 94.4 cm³/mol. The van der Waals surface area contributed by atoms with Crippen LogP contribution < -0.4 is 0 Å². The Balaban J connectivity index is 2.96. The van der Waals surface area contributed by atoms with Crippen molar-refractivity contribution >= 4 is 20.6 Å². The van der Waals surface area contributed by atoms with Gasteiger partial charge in [0.25, 0.3) is 10.1 Å². The highest BCUT2D eigenvalue weighted by Gasteiger charge is 2.51. The van der Waals surface area contributed by atoms with Gasteiger partial charge in [-0.3, -0.25) is 4.55 Å². The van der Waals surface area contributed by atoms with Crippen molar-refractivity contribution in [1.29, 1.82) is 0 Å². The van der Waals surface area contributed by atoms with Crippen LogP contribution in [0, 0.1) is 35.5 Å². The molecule has 1 saturated carbocycles. The summed E-state index contributed by atoms with van der Waals surface area (Å²) in [6, 6.07) is 0. The van der Waals surface area contributed by atoms with Gasteiger partial charge in [-0.15, -0.1) is 0 Å². The zero-order valence-electron chi connectivity index (χ0n) is 15.2. The van der Waals surface area contributed by atoms with Crippen molar-refractivity contribution in [3.63, 3.8) is 0 Å². The van der Waals surface area contributed by atoms with Crippen molar-refractivity contribution in [1.82, 2.24) is 0 Å². The van der Waals surface area contributed by atoms with E-state index in [4.69, 9.17) is 8.98 Å². The van der Waals surface area contributed by atoms with Crippen LogP contribution >= 0.6 is 0 Å². The first-order valence-electron chi connectivity index (χ1n) is 8.45. The molecule has 0 bridgehead atoms. The molecule has 0 heterocycles. The largest absolute Gasteiger partial charge is 0.422 e. The van der Waals surface area contributed by atoms with E-state index >= 15 is 0 Å². The summed E-state index contributed by atoms with van der Waals surface area (Å²) in [7, 11) is -3.14. The van der Waals surface area contributed by atoms with E-state index in [1.54, 1.807) is 0 Å². The molecule has 22 heavy (non-hydrogen) atoms. The first-order valence-corrected chi connectivity index (χ1v) is 10.9. The molecule has 0 radical (unpaired) electrons. The zero-order valence-corrected chi connectivity index (χ0v) is 18.0. The summed E-state index contributed by atoms with van der Waals surface area (Å²) < 4.78 is 37.4. The minimum absolute atomic E-state index is 0.0909. The molecular weight excluding hydrogens is 316 g/mol. The van der Waals surface area contributed by atoms with E-state index in [0.717, 1.165) is 12.8 Å². The quantitative estimate of drug-likeness (QED) is 0.540. The van der Waals surface area contributed by atoms with Crippen LogP contribution in [-0.2, 0) is 14.5 Å². The van der Waals surface area contributed by atoms with E-state index in [-0.39, 0.29) is 17.3 Å². The molecule has 1 unspecified atom stereocenters. The maximum atomic E-state index is 11.1. The first kappa shape index (κ1) is 20.1. The molecule has 0 saturated heterocycles. The summed E-state index contributed by atoms with van der Waals surface area (Å²) in [5.74, 6) is 2.29. The summed E-state index contributed by atoms with van der Waals surface area (Å²) in [6.07, 6.45) is 1.77. The van der Waals surface area contributed by atoms with Crippen LogP contribution in [0.25, 0.3) is 0 Å². The first-order chi connectivity index (χ1) is 9.95. The zero-order chi connectivity index (χ0) is 17.3. The maximum absolute atomic E-state index is 11.1. The van der Waals surface area contributed by atoms with Gasteiger partial charge >= 0.3 is 0 Å². The smallest absolute Gasteiger partial charge is 0.265 e. The molecule has 1 atom stereocenters. The summed E-state index contributed by atoms with van der Waals surface area (Å²) >= 11 is 0. The molecule has 0 aromatic rings. The van der Waals surface area contributed by atoms with Crippen LogP contribution in [0.15, 0.2) is 0 Å². The molecule has 1 rings (SSSR count). The van der Waals surface area contributed by atoms with Crippen molar-refractivity contribution in [2.75, 3.05) is 5.75 Å². The van der Waals surface area contributed by atoms with Crippen molar-refractivity contribution in [2.45, 2.75) is 60.0 Å². The molecule has 0 aromatic carbocycles. The Morgan fingerprint density at radius 1 is 1.14 bits per heavy atom. The van der Waals surface area contributed by atoms with Gasteiger partial charge in [-0.05, 0) is 48.3 Å². The molecule has 1 aliphatic carbocycles. The van der Waals surface area contributed by atoms with E-state index in [1.807, 2.05) is 0 Å². The third-order valence-electron chi connectivity index (χ3n) is 5.62. The predicted octanol–water partition coefficient (Wildman–Crippen LogP) is 2.52. The second-order valence-corrected chi connectivity index (χ2v) is 9.89. The van der Waals surface area contributed by atoms with Crippen LogP contribution in [0.5, 0.6) is 0 Å². The Kier molecular flexibility index (Phi) is 6.70. The molecule has 1 fully saturated rings. The molecular formula is C16H34O4SSi. The molecule has 0 aliphatic heterocycles. The molecule has 4 nitrogen and oxygen atoms in total. The van der Waals surface area contributed by atoms with Gasteiger partial charge < -0.3 is 4.43 Å². The van der Waals surface area contributed by atoms with E-state index in [9.17, 15) is 8.42 Å². The lowest BCUT2D eigenvalue weighted by Crippen LogP contribution is -2.56. The number of hydrogen-bond acceptors (Lipinski definition) is 3. The van der Waals surface area contributed by atoms with Gasteiger partial charge in [0.2, 0.25) is 0 Å². The fourth-order valence-electron chi connectivity index (χ4n) is 4.99. The average molecular weight is 351 g/mol. The minimum atomic E-state index is -3.85. The fraction of sp³-hybridized carbons (Fsp3) is 1.00. The van der Waals surface area contributed by atoms with Gasteiger partial charge in [-0.1, -0.05) is 41.5 Å². The molecule has 1 aliphatic rings. The normalized spacial score (nSPS) is 25.0.